The van der Waals surface area contributed by atoms with Crippen LogP contribution in [0.15, 0.2) is 48.8 Å². The molecule has 2 N–H and O–H groups in total. The van der Waals surface area contributed by atoms with Gasteiger partial charge in [0.1, 0.15) is 5.75 Å². The molecule has 2 rings (SSSR count). The second-order valence-electron chi connectivity index (χ2n) is 4.64. The number of pyridine rings is 1. The third kappa shape index (κ3) is 4.21. The van der Waals surface area contributed by atoms with Gasteiger partial charge in [-0.2, -0.15) is 0 Å². The largest absolute Gasteiger partial charge is 0.496 e. The number of methoxy groups -OCH3 is 1. The van der Waals surface area contributed by atoms with Crippen LogP contribution in [0.25, 0.3) is 0 Å². The Hall–Kier alpha value is -2.56. The predicted octanol–water partition coefficient (Wildman–Crippen LogP) is 2.65. The van der Waals surface area contributed by atoms with Gasteiger partial charge in [-0.25, -0.2) is 4.79 Å². The first-order valence-electron chi connectivity index (χ1n) is 6.77. The number of amides is 2. The first-order chi connectivity index (χ1) is 10.2. The number of urea groups is 1. The van der Waals surface area contributed by atoms with Gasteiger partial charge in [-0.05, 0) is 30.7 Å². The Morgan fingerprint density at radius 3 is 2.67 bits per heavy atom. The second-order valence-corrected chi connectivity index (χ2v) is 4.64. The number of hydrogen-bond donors (Lipinski definition) is 2. The summed E-state index contributed by atoms with van der Waals surface area (Å²) in [4.78, 5) is 15.9. The zero-order chi connectivity index (χ0) is 15.1. The molecule has 5 nitrogen and oxygen atoms in total. The van der Waals surface area contributed by atoms with Crippen molar-refractivity contribution in [2.45, 2.75) is 19.5 Å². The van der Waals surface area contributed by atoms with Crippen molar-refractivity contribution in [3.8, 4) is 5.75 Å². The predicted molar refractivity (Wildman–Crippen MR) is 81.0 cm³/mol. The van der Waals surface area contributed by atoms with E-state index in [-0.39, 0.29) is 12.1 Å². The molecule has 0 spiro atoms. The molecule has 0 fully saturated rings. The van der Waals surface area contributed by atoms with Crippen LogP contribution in [0.3, 0.4) is 0 Å². The minimum absolute atomic E-state index is 0.0781. The van der Waals surface area contributed by atoms with Crippen LogP contribution in [0, 0.1) is 0 Å². The Bertz CT molecular complexity index is 587. The Labute approximate surface area is 124 Å². The van der Waals surface area contributed by atoms with Crippen LogP contribution in [0.4, 0.5) is 4.79 Å². The fourth-order valence-electron chi connectivity index (χ4n) is 2.01. The van der Waals surface area contributed by atoms with E-state index in [1.54, 1.807) is 19.5 Å². The topological polar surface area (TPSA) is 63.2 Å². The van der Waals surface area contributed by atoms with Gasteiger partial charge < -0.3 is 15.4 Å². The minimum atomic E-state index is -0.217. The number of hydrogen-bond acceptors (Lipinski definition) is 3. The monoisotopic (exact) mass is 285 g/mol. The molecule has 0 radical (unpaired) electrons. The van der Waals surface area contributed by atoms with Crippen LogP contribution < -0.4 is 15.4 Å². The van der Waals surface area contributed by atoms with Crippen molar-refractivity contribution in [3.05, 3.63) is 59.9 Å². The number of aromatic nitrogens is 1. The van der Waals surface area contributed by atoms with Gasteiger partial charge in [0.05, 0.1) is 13.2 Å². The molecule has 0 bridgehead atoms. The van der Waals surface area contributed by atoms with Crippen molar-refractivity contribution < 1.29 is 9.53 Å². The van der Waals surface area contributed by atoms with E-state index < -0.39 is 0 Å². The number of carbonyl (C=O) groups excluding carboxylic acids is 1. The van der Waals surface area contributed by atoms with Crippen LogP contribution in [-0.2, 0) is 6.54 Å². The maximum absolute atomic E-state index is 11.9. The van der Waals surface area contributed by atoms with Crippen LogP contribution in [-0.4, -0.2) is 18.1 Å². The average Bonchev–Trinajstić information content (AvgIpc) is 2.54. The van der Waals surface area contributed by atoms with E-state index in [0.717, 1.165) is 16.9 Å². The zero-order valence-electron chi connectivity index (χ0n) is 12.2. The summed E-state index contributed by atoms with van der Waals surface area (Å²) in [6, 6.07) is 11.1. The van der Waals surface area contributed by atoms with Crippen LogP contribution >= 0.6 is 0 Å². The first kappa shape index (κ1) is 14.8. The van der Waals surface area contributed by atoms with Gasteiger partial charge in [0, 0.05) is 24.5 Å². The molecule has 1 unspecified atom stereocenters. The van der Waals surface area contributed by atoms with E-state index in [1.807, 2.05) is 43.3 Å². The average molecular weight is 285 g/mol. The lowest BCUT2D eigenvalue weighted by atomic mass is 10.1. The summed E-state index contributed by atoms with van der Waals surface area (Å²) in [6.07, 6.45) is 3.42. The van der Waals surface area contributed by atoms with Crippen molar-refractivity contribution in [1.29, 1.82) is 0 Å². The van der Waals surface area contributed by atoms with E-state index >= 15 is 0 Å². The molecule has 2 amide bonds. The Balaban J connectivity index is 1.88. The maximum Gasteiger partial charge on any atom is 0.315 e. The number of nitrogens with one attached hydrogen (secondary N) is 2. The first-order valence-corrected chi connectivity index (χ1v) is 6.77. The Morgan fingerprint density at radius 2 is 1.95 bits per heavy atom. The summed E-state index contributed by atoms with van der Waals surface area (Å²) in [5.74, 6) is 0.764. The summed E-state index contributed by atoms with van der Waals surface area (Å²) < 4.78 is 5.25. The molecule has 1 atom stereocenters. The van der Waals surface area contributed by atoms with Crippen LogP contribution in [0.2, 0.25) is 0 Å². The number of ether oxygens (including phenoxy) is 1. The highest BCUT2D eigenvalue weighted by molar-refractivity contribution is 5.74. The number of para-hydroxylation sites is 1. The second kappa shape index (κ2) is 7.28. The van der Waals surface area contributed by atoms with Crippen LogP contribution in [0.1, 0.15) is 24.1 Å². The fourth-order valence-corrected chi connectivity index (χ4v) is 2.01. The van der Waals surface area contributed by atoms with Gasteiger partial charge in [-0.3, -0.25) is 4.98 Å². The van der Waals surface area contributed by atoms with Gasteiger partial charge in [0.15, 0.2) is 0 Å². The molecule has 1 aromatic heterocycles. The third-order valence-electron chi connectivity index (χ3n) is 3.19. The SMILES string of the molecule is COc1ccccc1CNC(=O)NC(C)c1ccncc1. The summed E-state index contributed by atoms with van der Waals surface area (Å²) in [5.41, 5.74) is 1.95. The molecule has 0 aliphatic rings. The van der Waals surface area contributed by atoms with Crippen molar-refractivity contribution in [1.82, 2.24) is 15.6 Å². The summed E-state index contributed by atoms with van der Waals surface area (Å²) in [5, 5.41) is 5.71. The molecular formula is C16H19N3O2. The molecule has 21 heavy (non-hydrogen) atoms. The van der Waals surface area contributed by atoms with Gasteiger partial charge in [0.2, 0.25) is 0 Å². The van der Waals surface area contributed by atoms with Crippen molar-refractivity contribution in [3.63, 3.8) is 0 Å². The van der Waals surface area contributed by atoms with Crippen molar-refractivity contribution in [2.24, 2.45) is 0 Å². The van der Waals surface area contributed by atoms with Crippen LogP contribution in [0.5, 0.6) is 5.75 Å². The number of nitrogens with zero attached hydrogens (tertiary/aromatic N) is 1. The molecule has 5 heteroatoms. The maximum atomic E-state index is 11.9. The number of rotatable bonds is 5. The molecular weight excluding hydrogens is 266 g/mol. The molecule has 2 aromatic rings. The Kier molecular flexibility index (Phi) is 5.15. The number of benzene rings is 1. The van der Waals surface area contributed by atoms with E-state index in [4.69, 9.17) is 4.74 Å². The molecule has 1 heterocycles. The third-order valence-corrected chi connectivity index (χ3v) is 3.19. The van der Waals surface area contributed by atoms with Gasteiger partial charge >= 0.3 is 6.03 Å². The molecule has 0 saturated carbocycles. The molecule has 1 aromatic carbocycles. The van der Waals surface area contributed by atoms with Gasteiger partial charge in [-0.1, -0.05) is 18.2 Å². The van der Waals surface area contributed by atoms with E-state index in [1.165, 1.54) is 0 Å². The van der Waals surface area contributed by atoms with Gasteiger partial charge in [-0.15, -0.1) is 0 Å². The molecule has 110 valence electrons. The molecule has 0 aliphatic carbocycles. The zero-order valence-corrected chi connectivity index (χ0v) is 12.2. The lowest BCUT2D eigenvalue weighted by Crippen LogP contribution is -2.36. The van der Waals surface area contributed by atoms with E-state index in [2.05, 4.69) is 15.6 Å². The smallest absolute Gasteiger partial charge is 0.315 e. The summed E-state index contributed by atoms with van der Waals surface area (Å²) >= 11 is 0. The normalized spacial score (nSPS) is 11.5. The lowest BCUT2D eigenvalue weighted by Gasteiger charge is -2.15. The highest BCUT2D eigenvalue weighted by atomic mass is 16.5. The summed E-state index contributed by atoms with van der Waals surface area (Å²) in [6.45, 7) is 2.34. The molecule has 0 saturated heterocycles. The minimum Gasteiger partial charge on any atom is -0.496 e. The van der Waals surface area contributed by atoms with Crippen molar-refractivity contribution >= 4 is 6.03 Å². The fraction of sp³-hybridized carbons (Fsp3) is 0.250. The van der Waals surface area contributed by atoms with Crippen molar-refractivity contribution in [2.75, 3.05) is 7.11 Å². The highest BCUT2D eigenvalue weighted by Crippen LogP contribution is 2.16. The number of carbonyl (C=O) groups is 1. The molecule has 0 aliphatic heterocycles. The Morgan fingerprint density at radius 1 is 1.24 bits per heavy atom. The van der Waals surface area contributed by atoms with E-state index in [9.17, 15) is 4.79 Å². The summed E-state index contributed by atoms with van der Waals surface area (Å²) in [7, 11) is 1.62. The van der Waals surface area contributed by atoms with E-state index in [0.29, 0.717) is 6.54 Å². The standard InChI is InChI=1S/C16H19N3O2/c1-12(13-7-9-17-10-8-13)19-16(20)18-11-14-5-3-4-6-15(14)21-2/h3-10,12H,11H2,1-2H3,(H2,18,19,20). The highest BCUT2D eigenvalue weighted by Gasteiger charge is 2.09. The lowest BCUT2D eigenvalue weighted by molar-refractivity contribution is 0.237. The quantitative estimate of drug-likeness (QED) is 0.887. The van der Waals surface area contributed by atoms with Gasteiger partial charge in [0.25, 0.3) is 0 Å².